The third kappa shape index (κ3) is 3.87. The maximum atomic E-state index is 14.2. The topological polar surface area (TPSA) is 78.0 Å². The molecule has 0 aliphatic rings. The first kappa shape index (κ1) is 23.9. The normalized spacial score (nSPS) is 11.4. The zero-order chi connectivity index (χ0) is 28.0. The van der Waals surface area contributed by atoms with E-state index in [-0.39, 0.29) is 5.69 Å². The summed E-state index contributed by atoms with van der Waals surface area (Å²) in [5.74, 6) is 1.67. The summed E-state index contributed by atoms with van der Waals surface area (Å²) in [6.07, 6.45) is 0. The molecule has 0 unspecified atom stereocenters. The lowest BCUT2D eigenvalue weighted by Crippen LogP contribution is -2.25. The lowest BCUT2D eigenvalue weighted by molar-refractivity contribution is 0.932. The van der Waals surface area contributed by atoms with Gasteiger partial charge in [0.15, 0.2) is 23.1 Å². The summed E-state index contributed by atoms with van der Waals surface area (Å²) in [6, 6.07) is 43.1. The molecule has 0 aliphatic heterocycles. The van der Waals surface area contributed by atoms with Crippen molar-refractivity contribution in [1.82, 2.24) is 28.9 Å². The first-order chi connectivity index (χ1) is 20.7. The second kappa shape index (κ2) is 9.60. The molecule has 0 spiro atoms. The van der Waals surface area contributed by atoms with E-state index in [2.05, 4.69) is 0 Å². The Labute approximate surface area is 240 Å². The number of rotatable bonds is 4. The summed E-state index contributed by atoms with van der Waals surface area (Å²) in [5, 5.41) is 0.886. The molecule has 0 aliphatic carbocycles. The lowest BCUT2D eigenvalue weighted by atomic mass is 10.1. The number of para-hydroxylation sites is 2. The van der Waals surface area contributed by atoms with Gasteiger partial charge in [-0.3, -0.25) is 4.57 Å². The zero-order valence-electron chi connectivity index (χ0n) is 22.3. The maximum absolute atomic E-state index is 14.2. The van der Waals surface area contributed by atoms with Crippen molar-refractivity contribution in [2.75, 3.05) is 0 Å². The summed E-state index contributed by atoms with van der Waals surface area (Å²) >= 11 is 0. The van der Waals surface area contributed by atoms with Crippen LogP contribution in [0, 0.1) is 0 Å². The third-order valence-corrected chi connectivity index (χ3v) is 7.39. The van der Waals surface area contributed by atoms with Crippen LogP contribution >= 0.6 is 0 Å². The Morgan fingerprint density at radius 1 is 0.476 bits per heavy atom. The van der Waals surface area contributed by atoms with Crippen LogP contribution in [0.3, 0.4) is 0 Å². The van der Waals surface area contributed by atoms with Crippen molar-refractivity contribution in [3.63, 3.8) is 0 Å². The van der Waals surface area contributed by atoms with E-state index >= 15 is 0 Å². The van der Waals surface area contributed by atoms with Gasteiger partial charge in [0.2, 0.25) is 0 Å². The Kier molecular flexibility index (Phi) is 5.46. The summed E-state index contributed by atoms with van der Waals surface area (Å²) in [6.45, 7) is 0. The molecule has 8 rings (SSSR count). The van der Waals surface area contributed by atoms with E-state index < -0.39 is 0 Å². The summed E-state index contributed by atoms with van der Waals surface area (Å²) in [7, 11) is 0. The predicted molar refractivity (Wildman–Crippen MR) is 165 cm³/mol. The smallest absolute Gasteiger partial charge is 0.262 e. The van der Waals surface area contributed by atoms with Crippen LogP contribution in [-0.4, -0.2) is 28.9 Å². The summed E-state index contributed by atoms with van der Waals surface area (Å²) < 4.78 is 3.42. The van der Waals surface area contributed by atoms with E-state index in [9.17, 15) is 4.79 Å². The molecule has 42 heavy (non-hydrogen) atoms. The zero-order valence-corrected chi connectivity index (χ0v) is 22.3. The van der Waals surface area contributed by atoms with Crippen LogP contribution in [0.1, 0.15) is 0 Å². The Morgan fingerprint density at radius 2 is 1.02 bits per heavy atom. The number of benzene rings is 5. The Balaban J connectivity index is 1.40. The first-order valence-corrected chi connectivity index (χ1v) is 13.6. The monoisotopic (exact) mass is 542 g/mol. The van der Waals surface area contributed by atoms with Crippen molar-refractivity contribution in [1.29, 1.82) is 0 Å². The summed E-state index contributed by atoms with van der Waals surface area (Å²) in [5.41, 5.74) is 5.96. The Bertz CT molecular complexity index is 2250. The van der Waals surface area contributed by atoms with Gasteiger partial charge in [-0.2, -0.15) is 0 Å². The van der Waals surface area contributed by atoms with Crippen molar-refractivity contribution < 1.29 is 0 Å². The van der Waals surface area contributed by atoms with Gasteiger partial charge in [0, 0.05) is 22.1 Å². The fraction of sp³-hybridized carbons (Fsp3) is 0. The van der Waals surface area contributed by atoms with Crippen molar-refractivity contribution >= 4 is 27.6 Å². The number of hydrogen-bond acceptors (Lipinski definition) is 5. The molecule has 5 aromatic carbocycles. The largest absolute Gasteiger partial charge is 0.339 e. The second-order valence-corrected chi connectivity index (χ2v) is 9.98. The minimum absolute atomic E-state index is 0.194. The molecule has 7 nitrogen and oxygen atoms in total. The Morgan fingerprint density at radius 3 is 1.67 bits per heavy atom. The highest BCUT2D eigenvalue weighted by Crippen LogP contribution is 2.29. The van der Waals surface area contributed by atoms with Crippen LogP contribution in [0.15, 0.2) is 138 Å². The molecule has 3 aromatic heterocycles. The molecule has 0 fully saturated rings. The first-order valence-electron chi connectivity index (χ1n) is 13.6. The van der Waals surface area contributed by atoms with E-state index in [1.54, 1.807) is 8.97 Å². The van der Waals surface area contributed by atoms with Crippen LogP contribution in [-0.2, 0) is 0 Å². The fourth-order valence-electron chi connectivity index (χ4n) is 5.41. The molecule has 0 amide bonds. The molecule has 3 heterocycles. The molecule has 0 radical (unpaired) electrons. The Hall–Kier alpha value is -5.95. The van der Waals surface area contributed by atoms with Gasteiger partial charge in [0.1, 0.15) is 0 Å². The summed E-state index contributed by atoms with van der Waals surface area (Å²) in [4.78, 5) is 33.6. The molecule has 0 atom stereocenters. The number of aromatic nitrogens is 6. The second-order valence-electron chi connectivity index (χ2n) is 9.98. The standard InChI is InChI=1S/C35H22N6O/c42-35-40(26-16-8-3-9-17-26)29-19-11-10-18-27(29)34-36-28-21-20-25(22-30(28)41(34)35)33-38-31(23-12-4-1-5-13-23)37-32(39-33)24-14-6-2-7-15-24/h1-22H. The highest BCUT2D eigenvalue weighted by molar-refractivity contribution is 5.97. The average Bonchev–Trinajstić information content (AvgIpc) is 3.46. The molecule has 0 N–H and O–H groups in total. The molecule has 198 valence electrons. The third-order valence-electron chi connectivity index (χ3n) is 7.39. The van der Waals surface area contributed by atoms with Crippen molar-refractivity contribution in [2.24, 2.45) is 0 Å². The number of nitrogens with zero attached hydrogens (tertiary/aromatic N) is 6. The SMILES string of the molecule is O=c1n(-c2ccccc2)c2ccccc2c2nc3ccc(-c4nc(-c5ccccc5)nc(-c5ccccc5)n4)cc3n12. The number of hydrogen-bond donors (Lipinski definition) is 0. The molecule has 0 bridgehead atoms. The van der Waals surface area contributed by atoms with Crippen molar-refractivity contribution in [3.05, 3.63) is 144 Å². The lowest BCUT2D eigenvalue weighted by Gasteiger charge is -2.12. The minimum atomic E-state index is -0.194. The van der Waals surface area contributed by atoms with E-state index in [1.807, 2.05) is 133 Å². The van der Waals surface area contributed by atoms with Crippen LogP contribution in [0.4, 0.5) is 0 Å². The molecular weight excluding hydrogens is 520 g/mol. The molecule has 8 aromatic rings. The highest BCUT2D eigenvalue weighted by Gasteiger charge is 2.18. The van der Waals surface area contributed by atoms with E-state index in [0.29, 0.717) is 34.2 Å². The molecule has 0 saturated carbocycles. The van der Waals surface area contributed by atoms with Gasteiger partial charge < -0.3 is 0 Å². The van der Waals surface area contributed by atoms with Crippen LogP contribution in [0.2, 0.25) is 0 Å². The van der Waals surface area contributed by atoms with E-state index in [4.69, 9.17) is 19.9 Å². The molecule has 0 saturated heterocycles. The maximum Gasteiger partial charge on any atom is 0.339 e. The van der Waals surface area contributed by atoms with Crippen molar-refractivity contribution in [3.8, 4) is 39.9 Å². The van der Waals surface area contributed by atoms with Crippen LogP contribution < -0.4 is 5.69 Å². The fourth-order valence-corrected chi connectivity index (χ4v) is 5.41. The number of fused-ring (bicyclic) bond motifs is 5. The van der Waals surface area contributed by atoms with E-state index in [0.717, 1.165) is 33.3 Å². The average molecular weight is 543 g/mol. The molecule has 7 heteroatoms. The van der Waals surface area contributed by atoms with Gasteiger partial charge in [0.05, 0.1) is 22.2 Å². The predicted octanol–water partition coefficient (Wildman–Crippen LogP) is 6.98. The minimum Gasteiger partial charge on any atom is -0.262 e. The van der Waals surface area contributed by atoms with E-state index in [1.165, 1.54) is 0 Å². The van der Waals surface area contributed by atoms with Crippen LogP contribution in [0.5, 0.6) is 0 Å². The van der Waals surface area contributed by atoms with Gasteiger partial charge in [0.25, 0.3) is 0 Å². The van der Waals surface area contributed by atoms with Gasteiger partial charge >= 0.3 is 5.69 Å². The highest BCUT2D eigenvalue weighted by atomic mass is 16.1. The van der Waals surface area contributed by atoms with Crippen molar-refractivity contribution in [2.45, 2.75) is 0 Å². The van der Waals surface area contributed by atoms with Gasteiger partial charge in [-0.05, 0) is 42.5 Å². The van der Waals surface area contributed by atoms with Crippen LogP contribution in [0.25, 0.3) is 67.4 Å². The quantitative estimate of drug-likeness (QED) is 0.240. The number of imidazole rings is 1. The van der Waals surface area contributed by atoms with Gasteiger partial charge in [-0.1, -0.05) is 91.0 Å². The van der Waals surface area contributed by atoms with Gasteiger partial charge in [-0.15, -0.1) is 0 Å². The molecular formula is C35H22N6O. The van der Waals surface area contributed by atoms with Gasteiger partial charge in [-0.25, -0.2) is 29.1 Å².